The number of carboxylic acid groups (broad SMARTS) is 2. The highest BCUT2D eigenvalue weighted by Gasteiger charge is 2.33. The molecule has 2 N–H and O–H groups in total. The zero-order chi connectivity index (χ0) is 13.6. The van der Waals surface area contributed by atoms with Crippen LogP contribution in [0.25, 0.3) is 0 Å². The maximum absolute atomic E-state index is 11.7. The van der Waals surface area contributed by atoms with Crippen molar-refractivity contribution in [1.82, 2.24) is 4.31 Å². The van der Waals surface area contributed by atoms with E-state index in [2.05, 4.69) is 0 Å². The van der Waals surface area contributed by atoms with E-state index < -0.39 is 40.3 Å². The Balaban J connectivity index is 5.22. The van der Waals surface area contributed by atoms with Gasteiger partial charge in [-0.3, -0.25) is 9.59 Å². The fourth-order valence-corrected chi connectivity index (χ4v) is 2.58. The van der Waals surface area contributed by atoms with Crippen molar-refractivity contribution in [1.29, 1.82) is 5.26 Å². The highest BCUT2D eigenvalue weighted by atomic mass is 32.2. The standard InChI is InChI=1S/C8H12N2O6S/c1-2-6(3-9)17(15,16)10(4-7(11)12)5-8(13)14/h6H,2,4-5H2,1H3,(H,11,12)(H,13,14). The summed E-state index contributed by atoms with van der Waals surface area (Å²) >= 11 is 0. The molecule has 8 nitrogen and oxygen atoms in total. The molecule has 0 saturated carbocycles. The molecule has 0 saturated heterocycles. The quantitative estimate of drug-likeness (QED) is 0.607. The van der Waals surface area contributed by atoms with Crippen molar-refractivity contribution in [2.24, 2.45) is 0 Å². The third-order valence-electron chi connectivity index (χ3n) is 1.86. The van der Waals surface area contributed by atoms with Crippen LogP contribution in [-0.4, -0.2) is 53.2 Å². The zero-order valence-electron chi connectivity index (χ0n) is 9.03. The number of rotatable bonds is 7. The summed E-state index contributed by atoms with van der Waals surface area (Å²) in [6, 6.07) is 1.50. The first-order chi connectivity index (χ1) is 7.75. The van der Waals surface area contributed by atoms with Gasteiger partial charge in [0.25, 0.3) is 0 Å². The Morgan fingerprint density at radius 1 is 1.29 bits per heavy atom. The zero-order valence-corrected chi connectivity index (χ0v) is 9.85. The summed E-state index contributed by atoms with van der Waals surface area (Å²) < 4.78 is 23.8. The van der Waals surface area contributed by atoms with Gasteiger partial charge in [0, 0.05) is 0 Å². The van der Waals surface area contributed by atoms with Crippen LogP contribution in [0, 0.1) is 11.3 Å². The van der Waals surface area contributed by atoms with Gasteiger partial charge in [-0.15, -0.1) is 0 Å². The van der Waals surface area contributed by atoms with Crippen molar-refractivity contribution >= 4 is 22.0 Å². The topological polar surface area (TPSA) is 136 Å². The van der Waals surface area contributed by atoms with E-state index in [4.69, 9.17) is 15.5 Å². The van der Waals surface area contributed by atoms with Crippen LogP contribution in [-0.2, 0) is 19.6 Å². The van der Waals surface area contributed by atoms with Gasteiger partial charge in [0.15, 0.2) is 5.25 Å². The molecular formula is C8H12N2O6S. The lowest BCUT2D eigenvalue weighted by molar-refractivity contribution is -0.139. The Kier molecular flexibility index (Phi) is 5.57. The van der Waals surface area contributed by atoms with Crippen molar-refractivity contribution in [3.05, 3.63) is 0 Å². The predicted molar refractivity (Wildman–Crippen MR) is 55.5 cm³/mol. The fourth-order valence-electron chi connectivity index (χ4n) is 1.09. The second-order valence-electron chi connectivity index (χ2n) is 3.13. The summed E-state index contributed by atoms with van der Waals surface area (Å²) in [5, 5.41) is 24.2. The van der Waals surface area contributed by atoms with Crippen molar-refractivity contribution in [3.8, 4) is 6.07 Å². The number of carboxylic acids is 2. The smallest absolute Gasteiger partial charge is 0.318 e. The number of nitriles is 1. The monoisotopic (exact) mass is 264 g/mol. The van der Waals surface area contributed by atoms with E-state index in [9.17, 15) is 18.0 Å². The van der Waals surface area contributed by atoms with Gasteiger partial charge in [0.05, 0.1) is 6.07 Å². The van der Waals surface area contributed by atoms with Gasteiger partial charge in [-0.25, -0.2) is 8.42 Å². The minimum absolute atomic E-state index is 0.0471. The van der Waals surface area contributed by atoms with Crippen LogP contribution in [0.15, 0.2) is 0 Å². The molecule has 0 radical (unpaired) electrons. The van der Waals surface area contributed by atoms with Gasteiger partial charge < -0.3 is 10.2 Å². The van der Waals surface area contributed by atoms with Gasteiger partial charge >= 0.3 is 11.9 Å². The number of hydrogen-bond donors (Lipinski definition) is 2. The van der Waals surface area contributed by atoms with Gasteiger partial charge in [-0.1, -0.05) is 6.92 Å². The Morgan fingerprint density at radius 2 is 1.71 bits per heavy atom. The van der Waals surface area contributed by atoms with E-state index in [1.165, 1.54) is 13.0 Å². The third kappa shape index (κ3) is 4.38. The average Bonchev–Trinajstić information content (AvgIpc) is 2.16. The lowest BCUT2D eigenvalue weighted by atomic mass is 10.4. The molecule has 0 fully saturated rings. The molecule has 0 bridgehead atoms. The van der Waals surface area contributed by atoms with Gasteiger partial charge in [-0.2, -0.15) is 9.57 Å². The van der Waals surface area contributed by atoms with Crippen LogP contribution >= 0.6 is 0 Å². The molecule has 1 atom stereocenters. The summed E-state index contributed by atoms with van der Waals surface area (Å²) in [5.41, 5.74) is 0. The number of carbonyl (C=O) groups is 2. The number of nitrogens with zero attached hydrogens (tertiary/aromatic N) is 2. The lowest BCUT2D eigenvalue weighted by Crippen LogP contribution is -2.43. The summed E-state index contributed by atoms with van der Waals surface area (Å²) in [6.07, 6.45) is -0.0471. The Labute approximate surface area is 98.1 Å². The second kappa shape index (κ2) is 6.17. The highest BCUT2D eigenvalue weighted by Crippen LogP contribution is 2.11. The Bertz CT molecular complexity index is 421. The van der Waals surface area contributed by atoms with E-state index in [1.54, 1.807) is 0 Å². The molecule has 0 aromatic rings. The summed E-state index contributed by atoms with van der Waals surface area (Å²) in [5.74, 6) is -2.97. The lowest BCUT2D eigenvalue weighted by Gasteiger charge is -2.20. The first-order valence-electron chi connectivity index (χ1n) is 4.57. The molecule has 9 heteroatoms. The fraction of sp³-hybridized carbons (Fsp3) is 0.625. The molecule has 0 rings (SSSR count). The van der Waals surface area contributed by atoms with Crippen LogP contribution in [0.5, 0.6) is 0 Å². The molecule has 17 heavy (non-hydrogen) atoms. The number of hydrogen-bond acceptors (Lipinski definition) is 5. The van der Waals surface area contributed by atoms with Crippen LogP contribution in [0.1, 0.15) is 13.3 Å². The molecular weight excluding hydrogens is 252 g/mol. The summed E-state index contributed by atoms with van der Waals surface area (Å²) in [6.45, 7) is -0.523. The maximum atomic E-state index is 11.7. The first kappa shape index (κ1) is 15.3. The van der Waals surface area contributed by atoms with Crippen molar-refractivity contribution in [3.63, 3.8) is 0 Å². The van der Waals surface area contributed by atoms with E-state index >= 15 is 0 Å². The normalized spacial score (nSPS) is 13.0. The van der Waals surface area contributed by atoms with Crippen LogP contribution in [0.3, 0.4) is 0 Å². The molecule has 0 amide bonds. The van der Waals surface area contributed by atoms with Gasteiger partial charge in [-0.05, 0) is 6.42 Å². The summed E-state index contributed by atoms with van der Waals surface area (Å²) in [4.78, 5) is 20.9. The van der Waals surface area contributed by atoms with Crippen molar-refractivity contribution in [2.45, 2.75) is 18.6 Å². The molecule has 0 aromatic carbocycles. The SMILES string of the molecule is CCC(C#N)S(=O)(=O)N(CC(=O)O)CC(=O)O. The van der Waals surface area contributed by atoms with Crippen LogP contribution in [0.2, 0.25) is 0 Å². The molecule has 0 aliphatic rings. The van der Waals surface area contributed by atoms with E-state index in [0.717, 1.165) is 0 Å². The molecule has 0 aromatic heterocycles. The average molecular weight is 264 g/mol. The van der Waals surface area contributed by atoms with Crippen molar-refractivity contribution in [2.75, 3.05) is 13.1 Å². The molecule has 1 unspecified atom stereocenters. The Hall–Kier alpha value is -1.66. The van der Waals surface area contributed by atoms with Gasteiger partial charge in [0.2, 0.25) is 10.0 Å². The third-order valence-corrected chi connectivity index (χ3v) is 3.99. The minimum atomic E-state index is -4.24. The van der Waals surface area contributed by atoms with Crippen LogP contribution in [0.4, 0.5) is 0 Å². The van der Waals surface area contributed by atoms with E-state index in [-0.39, 0.29) is 10.7 Å². The number of sulfonamides is 1. The molecule has 0 spiro atoms. The van der Waals surface area contributed by atoms with Gasteiger partial charge in [0.1, 0.15) is 13.1 Å². The van der Waals surface area contributed by atoms with E-state index in [0.29, 0.717) is 0 Å². The first-order valence-corrected chi connectivity index (χ1v) is 6.08. The molecule has 0 aliphatic carbocycles. The predicted octanol–water partition coefficient (Wildman–Crippen LogP) is -0.910. The minimum Gasteiger partial charge on any atom is -0.480 e. The number of aliphatic carboxylic acids is 2. The largest absolute Gasteiger partial charge is 0.480 e. The highest BCUT2D eigenvalue weighted by molar-refractivity contribution is 7.90. The van der Waals surface area contributed by atoms with E-state index in [1.807, 2.05) is 0 Å². The summed E-state index contributed by atoms with van der Waals surface area (Å²) in [7, 11) is -4.24. The molecule has 0 heterocycles. The maximum Gasteiger partial charge on any atom is 0.318 e. The van der Waals surface area contributed by atoms with Crippen molar-refractivity contribution < 1.29 is 28.2 Å². The second-order valence-corrected chi connectivity index (χ2v) is 5.24. The molecule has 96 valence electrons. The Morgan fingerprint density at radius 3 is 1.94 bits per heavy atom. The molecule has 0 aliphatic heterocycles. The van der Waals surface area contributed by atoms with Crippen LogP contribution < -0.4 is 0 Å².